The number of hydrogen-bond acceptors (Lipinski definition) is 6. The Hall–Kier alpha value is -1.39. The van der Waals surface area contributed by atoms with Crippen molar-refractivity contribution in [2.75, 3.05) is 13.2 Å². The van der Waals surface area contributed by atoms with Gasteiger partial charge in [-0.15, -0.1) is 0 Å². The van der Waals surface area contributed by atoms with Gasteiger partial charge in [0.05, 0.1) is 12.7 Å². The Morgan fingerprint density at radius 2 is 1.61 bits per heavy atom. The van der Waals surface area contributed by atoms with E-state index in [1.165, 1.54) is 12.8 Å². The van der Waals surface area contributed by atoms with E-state index in [-0.39, 0.29) is 12.3 Å². The van der Waals surface area contributed by atoms with Crippen LogP contribution in [-0.4, -0.2) is 37.7 Å². The summed E-state index contributed by atoms with van der Waals surface area (Å²) < 4.78 is 14.5. The summed E-state index contributed by atoms with van der Waals surface area (Å²) in [6, 6.07) is 0. The fourth-order valence-corrected chi connectivity index (χ4v) is 1.52. The van der Waals surface area contributed by atoms with Crippen LogP contribution < -0.4 is 0 Å². The molecular weight excluding hydrogens is 240 g/mol. The fraction of sp³-hybridized carbons (Fsp3) is 0.833. The first-order valence-electron chi connectivity index (χ1n) is 6.04. The SMILES string of the molecule is CC1CCCO1.CC1CCCOC(=O)O1.O=C=O. The summed E-state index contributed by atoms with van der Waals surface area (Å²) >= 11 is 0. The fourth-order valence-electron chi connectivity index (χ4n) is 1.52. The molecule has 0 saturated carbocycles. The predicted molar refractivity (Wildman–Crippen MR) is 60.8 cm³/mol. The van der Waals surface area contributed by atoms with Crippen LogP contribution in [0.3, 0.4) is 0 Å². The molecule has 2 unspecified atom stereocenters. The summed E-state index contributed by atoms with van der Waals surface area (Å²) in [7, 11) is 0. The maximum absolute atomic E-state index is 10.4. The van der Waals surface area contributed by atoms with Crippen molar-refractivity contribution >= 4 is 12.3 Å². The summed E-state index contributed by atoms with van der Waals surface area (Å²) in [5, 5.41) is 0. The zero-order chi connectivity index (χ0) is 13.8. The molecule has 2 heterocycles. The lowest BCUT2D eigenvalue weighted by atomic mass is 10.2. The van der Waals surface area contributed by atoms with Crippen LogP contribution in [0.4, 0.5) is 4.79 Å². The largest absolute Gasteiger partial charge is 0.508 e. The molecule has 0 N–H and O–H groups in total. The minimum atomic E-state index is -0.528. The van der Waals surface area contributed by atoms with Gasteiger partial charge in [0.25, 0.3) is 0 Å². The van der Waals surface area contributed by atoms with E-state index in [4.69, 9.17) is 19.1 Å². The molecule has 2 rings (SSSR count). The predicted octanol–water partition coefficient (Wildman–Crippen LogP) is 1.92. The van der Waals surface area contributed by atoms with Crippen molar-refractivity contribution in [1.29, 1.82) is 0 Å². The topological polar surface area (TPSA) is 78.9 Å². The second-order valence-electron chi connectivity index (χ2n) is 4.08. The molecule has 2 fully saturated rings. The quantitative estimate of drug-likeness (QED) is 0.619. The Bertz CT molecular complexity index is 253. The third-order valence-electron chi connectivity index (χ3n) is 2.43. The van der Waals surface area contributed by atoms with E-state index in [1.807, 2.05) is 6.92 Å². The van der Waals surface area contributed by atoms with Gasteiger partial charge in [0.2, 0.25) is 0 Å². The second kappa shape index (κ2) is 10.7. The van der Waals surface area contributed by atoms with E-state index in [2.05, 4.69) is 11.7 Å². The summed E-state index contributed by atoms with van der Waals surface area (Å²) in [6.07, 6.45) is 4.64. The van der Waals surface area contributed by atoms with Gasteiger partial charge in [0, 0.05) is 6.61 Å². The van der Waals surface area contributed by atoms with Crippen LogP contribution in [0.1, 0.15) is 39.5 Å². The zero-order valence-corrected chi connectivity index (χ0v) is 10.8. The highest BCUT2D eigenvalue weighted by Crippen LogP contribution is 2.09. The Kier molecular flexibility index (Phi) is 9.91. The average Bonchev–Trinajstić information content (AvgIpc) is 2.69. The molecule has 6 heteroatoms. The number of carbonyl (C=O) groups excluding carboxylic acids is 3. The van der Waals surface area contributed by atoms with Crippen LogP contribution in [0.25, 0.3) is 0 Å². The van der Waals surface area contributed by atoms with Crippen molar-refractivity contribution in [1.82, 2.24) is 0 Å². The molecule has 0 spiro atoms. The van der Waals surface area contributed by atoms with Gasteiger partial charge in [0.1, 0.15) is 6.10 Å². The van der Waals surface area contributed by atoms with Crippen LogP contribution in [0.5, 0.6) is 0 Å². The number of rotatable bonds is 0. The van der Waals surface area contributed by atoms with Crippen LogP contribution >= 0.6 is 0 Å². The number of ether oxygens (including phenoxy) is 3. The molecule has 0 radical (unpaired) electrons. The normalized spacial score (nSPS) is 26.0. The molecule has 0 aromatic heterocycles. The number of hydrogen-bond donors (Lipinski definition) is 0. The maximum atomic E-state index is 10.4. The van der Waals surface area contributed by atoms with Crippen molar-refractivity contribution in [3.05, 3.63) is 0 Å². The first-order chi connectivity index (χ1) is 8.60. The van der Waals surface area contributed by atoms with E-state index >= 15 is 0 Å². The third kappa shape index (κ3) is 9.81. The lowest BCUT2D eigenvalue weighted by Crippen LogP contribution is -2.10. The maximum Gasteiger partial charge on any atom is 0.508 e. The Morgan fingerprint density at radius 1 is 1.06 bits per heavy atom. The van der Waals surface area contributed by atoms with Gasteiger partial charge in [-0.3, -0.25) is 0 Å². The summed E-state index contributed by atoms with van der Waals surface area (Å²) in [5.74, 6) is 0. The van der Waals surface area contributed by atoms with Crippen molar-refractivity contribution in [2.24, 2.45) is 0 Å². The molecule has 2 saturated heterocycles. The van der Waals surface area contributed by atoms with Gasteiger partial charge in [-0.25, -0.2) is 4.79 Å². The minimum Gasteiger partial charge on any atom is -0.434 e. The molecule has 18 heavy (non-hydrogen) atoms. The molecule has 0 aromatic rings. The molecule has 0 amide bonds. The molecular formula is C12H20O6. The zero-order valence-electron chi connectivity index (χ0n) is 10.8. The smallest absolute Gasteiger partial charge is 0.434 e. The summed E-state index contributed by atoms with van der Waals surface area (Å²) in [6.45, 7) is 5.48. The summed E-state index contributed by atoms with van der Waals surface area (Å²) in [4.78, 5) is 26.7. The van der Waals surface area contributed by atoms with Gasteiger partial charge in [-0.1, -0.05) is 0 Å². The van der Waals surface area contributed by atoms with E-state index in [0.717, 1.165) is 19.4 Å². The van der Waals surface area contributed by atoms with E-state index < -0.39 is 6.16 Å². The van der Waals surface area contributed by atoms with E-state index in [9.17, 15) is 4.79 Å². The third-order valence-corrected chi connectivity index (χ3v) is 2.43. The van der Waals surface area contributed by atoms with Crippen LogP contribution in [0.15, 0.2) is 0 Å². The summed E-state index contributed by atoms with van der Waals surface area (Å²) in [5.41, 5.74) is 0. The molecule has 104 valence electrons. The van der Waals surface area contributed by atoms with E-state index in [1.54, 1.807) is 0 Å². The van der Waals surface area contributed by atoms with Crippen molar-refractivity contribution in [3.8, 4) is 0 Å². The lowest BCUT2D eigenvalue weighted by Gasteiger charge is -2.04. The van der Waals surface area contributed by atoms with Gasteiger partial charge in [0.15, 0.2) is 0 Å². The highest BCUT2D eigenvalue weighted by molar-refractivity contribution is 5.60. The van der Waals surface area contributed by atoms with Gasteiger partial charge in [-0.05, 0) is 39.5 Å². The average molecular weight is 260 g/mol. The second-order valence-corrected chi connectivity index (χ2v) is 4.08. The Balaban J connectivity index is 0.000000278. The molecule has 0 aromatic carbocycles. The number of cyclic esters (lactones) is 2. The highest BCUT2D eigenvalue weighted by atomic mass is 16.7. The molecule has 2 atom stereocenters. The number of carbonyl (C=O) groups is 1. The van der Waals surface area contributed by atoms with Gasteiger partial charge < -0.3 is 14.2 Å². The lowest BCUT2D eigenvalue weighted by molar-refractivity contribution is -0.191. The standard InChI is InChI=1S/C6H10O3.C5H10O.CO2/c1-5-3-2-4-8-6(7)9-5;1-5-3-2-4-6-5;2-1-3/h5H,2-4H2,1H3;5H,2-4H2,1H3;. The monoisotopic (exact) mass is 260 g/mol. The van der Waals surface area contributed by atoms with Crippen LogP contribution in [-0.2, 0) is 23.8 Å². The van der Waals surface area contributed by atoms with Gasteiger partial charge >= 0.3 is 12.3 Å². The molecule has 0 bridgehead atoms. The van der Waals surface area contributed by atoms with Crippen molar-refractivity contribution < 1.29 is 28.6 Å². The van der Waals surface area contributed by atoms with Crippen LogP contribution in [0, 0.1) is 0 Å². The Labute approximate surface area is 107 Å². The Morgan fingerprint density at radius 3 is 2.06 bits per heavy atom. The van der Waals surface area contributed by atoms with Crippen molar-refractivity contribution in [3.63, 3.8) is 0 Å². The molecule has 6 nitrogen and oxygen atoms in total. The van der Waals surface area contributed by atoms with E-state index in [0.29, 0.717) is 12.7 Å². The van der Waals surface area contributed by atoms with Gasteiger partial charge in [-0.2, -0.15) is 9.59 Å². The molecule has 2 aliphatic rings. The first-order valence-corrected chi connectivity index (χ1v) is 6.04. The molecule has 2 aliphatic heterocycles. The minimum absolute atomic E-state index is 0.0278. The molecule has 0 aliphatic carbocycles. The first kappa shape index (κ1) is 16.6. The van der Waals surface area contributed by atoms with Crippen molar-refractivity contribution in [2.45, 2.75) is 51.7 Å². The highest BCUT2D eigenvalue weighted by Gasteiger charge is 2.14. The van der Waals surface area contributed by atoms with Crippen LogP contribution in [0.2, 0.25) is 0 Å².